The van der Waals surface area contributed by atoms with Gasteiger partial charge in [0.25, 0.3) is 0 Å². The Balaban J connectivity index is 2.46. The number of hydrogen-bond donors (Lipinski definition) is 0. The first kappa shape index (κ1) is 13.8. The highest BCUT2D eigenvalue weighted by molar-refractivity contribution is 9.10. The van der Waals surface area contributed by atoms with Gasteiger partial charge in [-0.3, -0.25) is 0 Å². The van der Waals surface area contributed by atoms with Gasteiger partial charge in [-0.25, -0.2) is 4.39 Å². The van der Waals surface area contributed by atoms with Crippen molar-refractivity contribution in [2.24, 2.45) is 0 Å². The molecule has 0 saturated heterocycles. The summed E-state index contributed by atoms with van der Waals surface area (Å²) in [7, 11) is 0. The van der Waals surface area contributed by atoms with Gasteiger partial charge in [0.05, 0.1) is 13.5 Å². The molecule has 0 amide bonds. The Morgan fingerprint density at radius 1 is 1.18 bits per heavy atom. The van der Waals surface area contributed by atoms with E-state index in [1.54, 1.807) is 18.2 Å². The lowest BCUT2D eigenvalue weighted by Gasteiger charge is -2.11. The highest BCUT2D eigenvalue weighted by Crippen LogP contribution is 2.42. The normalized spacial score (nSPS) is 12.8. The Hall–Kier alpha value is 0.390. The monoisotopic (exact) mass is 416 g/mol. The second-order valence-corrected chi connectivity index (χ2v) is 7.42. The second-order valence-electron chi connectivity index (χ2n) is 3.31. The molecule has 1 aromatic heterocycles. The fraction of sp³-hybridized carbons (Fsp3) is 0.0909. The van der Waals surface area contributed by atoms with Crippen LogP contribution in [0, 0.1) is 5.82 Å². The molecule has 0 N–H and O–H groups in total. The molecule has 0 fully saturated rings. The van der Waals surface area contributed by atoms with Crippen LogP contribution in [0.3, 0.4) is 0 Å². The maximum atomic E-state index is 13.7. The zero-order valence-electron chi connectivity index (χ0n) is 8.18. The van der Waals surface area contributed by atoms with Crippen LogP contribution in [0.2, 0.25) is 8.67 Å². The van der Waals surface area contributed by atoms with E-state index >= 15 is 0 Å². The zero-order valence-corrected chi connectivity index (χ0v) is 13.7. The molecule has 1 heterocycles. The molecule has 0 aliphatic carbocycles. The predicted molar refractivity (Wildman–Crippen MR) is 79.2 cm³/mol. The van der Waals surface area contributed by atoms with E-state index in [2.05, 4.69) is 31.9 Å². The lowest BCUT2D eigenvalue weighted by atomic mass is 10.1. The molecule has 0 aliphatic heterocycles. The lowest BCUT2D eigenvalue weighted by Crippen LogP contribution is -1.95. The van der Waals surface area contributed by atoms with Gasteiger partial charge >= 0.3 is 0 Å². The molecule has 0 saturated carbocycles. The van der Waals surface area contributed by atoms with Crippen LogP contribution in [-0.2, 0) is 0 Å². The quantitative estimate of drug-likeness (QED) is 0.492. The van der Waals surface area contributed by atoms with E-state index in [9.17, 15) is 4.39 Å². The Morgan fingerprint density at radius 2 is 1.88 bits per heavy atom. The van der Waals surface area contributed by atoms with E-state index in [-0.39, 0.29) is 10.6 Å². The average molecular weight is 419 g/mol. The number of benzene rings is 1. The van der Waals surface area contributed by atoms with Crippen LogP contribution in [0.5, 0.6) is 0 Å². The van der Waals surface area contributed by atoms with Crippen molar-refractivity contribution in [3.63, 3.8) is 0 Å². The molecular formula is C11H5Br2Cl2FS. The molecule has 90 valence electrons. The van der Waals surface area contributed by atoms with Crippen LogP contribution in [0.1, 0.15) is 16.0 Å². The molecule has 17 heavy (non-hydrogen) atoms. The summed E-state index contributed by atoms with van der Waals surface area (Å²) in [6, 6.07) is 6.53. The van der Waals surface area contributed by atoms with E-state index < -0.39 is 0 Å². The van der Waals surface area contributed by atoms with Gasteiger partial charge in [0.15, 0.2) is 0 Å². The summed E-state index contributed by atoms with van der Waals surface area (Å²) < 4.78 is 15.7. The molecule has 1 atom stereocenters. The third kappa shape index (κ3) is 3.04. The molecule has 1 aromatic carbocycles. The molecule has 0 aliphatic rings. The van der Waals surface area contributed by atoms with Crippen molar-refractivity contribution in [2.45, 2.75) is 4.83 Å². The zero-order chi connectivity index (χ0) is 12.6. The van der Waals surface area contributed by atoms with Crippen LogP contribution >= 0.6 is 66.4 Å². The predicted octanol–water partition coefficient (Wildman–Crippen LogP) is 6.44. The van der Waals surface area contributed by atoms with Crippen molar-refractivity contribution < 1.29 is 4.39 Å². The van der Waals surface area contributed by atoms with Crippen molar-refractivity contribution in [1.29, 1.82) is 0 Å². The first-order chi connectivity index (χ1) is 7.99. The lowest BCUT2D eigenvalue weighted by molar-refractivity contribution is 0.613. The summed E-state index contributed by atoms with van der Waals surface area (Å²) in [5.41, 5.74) is 1.30. The van der Waals surface area contributed by atoms with Crippen LogP contribution in [0.25, 0.3) is 0 Å². The minimum absolute atomic E-state index is 0.284. The number of halogens is 5. The van der Waals surface area contributed by atoms with Gasteiger partial charge in [-0.05, 0) is 24.3 Å². The highest BCUT2D eigenvalue weighted by atomic mass is 79.9. The average Bonchev–Trinajstić information content (AvgIpc) is 2.60. The fourth-order valence-electron chi connectivity index (χ4n) is 1.40. The van der Waals surface area contributed by atoms with Crippen molar-refractivity contribution in [1.82, 2.24) is 0 Å². The maximum Gasteiger partial charge on any atom is 0.127 e. The smallest absolute Gasteiger partial charge is 0.127 e. The fourth-order valence-corrected chi connectivity index (χ4v) is 4.31. The number of hydrogen-bond acceptors (Lipinski definition) is 1. The third-order valence-corrected chi connectivity index (χ3v) is 5.18. The van der Waals surface area contributed by atoms with Gasteiger partial charge in [0.2, 0.25) is 0 Å². The van der Waals surface area contributed by atoms with Crippen molar-refractivity contribution in [3.05, 3.63) is 54.4 Å². The molecule has 0 nitrogen and oxygen atoms in total. The van der Waals surface area contributed by atoms with Crippen molar-refractivity contribution in [2.75, 3.05) is 0 Å². The van der Waals surface area contributed by atoms with Crippen LogP contribution < -0.4 is 0 Å². The van der Waals surface area contributed by atoms with Gasteiger partial charge in [-0.1, -0.05) is 55.1 Å². The Morgan fingerprint density at radius 3 is 2.47 bits per heavy atom. The molecule has 1 unspecified atom stereocenters. The summed E-state index contributed by atoms with van der Waals surface area (Å²) in [5.74, 6) is -0.284. The molecule has 0 radical (unpaired) electrons. The second kappa shape index (κ2) is 5.57. The minimum Gasteiger partial charge on any atom is -0.207 e. The maximum absolute atomic E-state index is 13.7. The first-order valence-electron chi connectivity index (χ1n) is 4.53. The highest BCUT2D eigenvalue weighted by Gasteiger charge is 2.20. The minimum atomic E-state index is -0.309. The van der Waals surface area contributed by atoms with Gasteiger partial charge in [0.1, 0.15) is 5.82 Å². The van der Waals surface area contributed by atoms with E-state index in [0.29, 0.717) is 14.2 Å². The first-order valence-corrected chi connectivity index (χ1v) is 7.81. The Labute approximate surface area is 129 Å². The number of thiophene rings is 1. The molecule has 0 bridgehead atoms. The molecular weight excluding hydrogens is 414 g/mol. The molecule has 0 spiro atoms. The summed E-state index contributed by atoms with van der Waals surface area (Å²) in [6.07, 6.45) is 0. The van der Waals surface area contributed by atoms with Gasteiger partial charge in [-0.15, -0.1) is 11.3 Å². The van der Waals surface area contributed by atoms with Gasteiger partial charge in [0, 0.05) is 15.6 Å². The standard InChI is InChI=1S/C11H5Br2Cl2FS/c12-5-1-2-8(16)6(3-5)10(13)7-4-9(14)17-11(7)15/h1-4,10H. The van der Waals surface area contributed by atoms with Crippen molar-refractivity contribution >= 4 is 66.4 Å². The van der Waals surface area contributed by atoms with Gasteiger partial charge in [-0.2, -0.15) is 0 Å². The Bertz CT molecular complexity index is 556. The number of rotatable bonds is 2. The third-order valence-electron chi connectivity index (χ3n) is 2.19. The summed E-state index contributed by atoms with van der Waals surface area (Å²) in [4.78, 5) is -0.309. The Kier molecular flexibility index (Phi) is 4.53. The topological polar surface area (TPSA) is 0 Å². The SMILES string of the molecule is Fc1ccc(Br)cc1C(Br)c1cc(Cl)sc1Cl. The van der Waals surface area contributed by atoms with E-state index in [1.165, 1.54) is 17.4 Å². The largest absolute Gasteiger partial charge is 0.207 e. The summed E-state index contributed by atoms with van der Waals surface area (Å²) in [6.45, 7) is 0. The van der Waals surface area contributed by atoms with Crippen molar-refractivity contribution in [3.8, 4) is 0 Å². The van der Waals surface area contributed by atoms with E-state index in [4.69, 9.17) is 23.2 Å². The molecule has 6 heteroatoms. The van der Waals surface area contributed by atoms with E-state index in [1.807, 2.05) is 0 Å². The van der Waals surface area contributed by atoms with E-state index in [0.717, 1.165) is 10.0 Å². The van der Waals surface area contributed by atoms with Gasteiger partial charge < -0.3 is 0 Å². The molecule has 2 rings (SSSR count). The number of alkyl halides is 1. The molecule has 2 aromatic rings. The summed E-state index contributed by atoms with van der Waals surface area (Å²) >= 11 is 20.0. The van der Waals surface area contributed by atoms with Crippen LogP contribution in [0.15, 0.2) is 28.7 Å². The summed E-state index contributed by atoms with van der Waals surface area (Å²) in [5, 5.41) is 0. The van der Waals surface area contributed by atoms with Crippen LogP contribution in [0.4, 0.5) is 4.39 Å². The van der Waals surface area contributed by atoms with Crippen LogP contribution in [-0.4, -0.2) is 0 Å².